The van der Waals surface area contributed by atoms with Crippen LogP contribution in [-0.2, 0) is 19.4 Å². The van der Waals surface area contributed by atoms with Crippen LogP contribution in [0.2, 0.25) is 0 Å². The number of hydrogen-bond donors (Lipinski definition) is 1. The molecule has 19 heavy (non-hydrogen) atoms. The van der Waals surface area contributed by atoms with Gasteiger partial charge in [-0.25, -0.2) is 8.42 Å². The standard InChI is InChI=1S/C13H19NO4S/c1-11(13(15)14-9-6-10-18-2)19(16,17)12-7-4-3-5-8-12/h3-5,7-8,11H,6,9-10H2,1-2H3,(H,14,15). The Morgan fingerprint density at radius 1 is 1.32 bits per heavy atom. The number of carbonyl (C=O) groups excluding carboxylic acids is 1. The van der Waals surface area contributed by atoms with Gasteiger partial charge in [0.05, 0.1) is 4.90 Å². The Bertz CT molecular complexity index is 499. The number of nitrogens with one attached hydrogen (secondary N) is 1. The zero-order valence-electron chi connectivity index (χ0n) is 11.1. The molecule has 0 saturated carbocycles. The molecule has 0 aliphatic carbocycles. The van der Waals surface area contributed by atoms with Crippen molar-refractivity contribution in [3.8, 4) is 0 Å². The number of ether oxygens (including phenoxy) is 1. The van der Waals surface area contributed by atoms with Gasteiger partial charge in [0.2, 0.25) is 5.91 Å². The molecule has 6 heteroatoms. The highest BCUT2D eigenvalue weighted by Gasteiger charge is 2.29. The number of amides is 1. The van der Waals surface area contributed by atoms with Crippen LogP contribution in [0.1, 0.15) is 13.3 Å². The third-order valence-electron chi connectivity index (χ3n) is 2.73. The summed E-state index contributed by atoms with van der Waals surface area (Å²) in [6, 6.07) is 7.98. The largest absolute Gasteiger partial charge is 0.385 e. The minimum absolute atomic E-state index is 0.162. The summed E-state index contributed by atoms with van der Waals surface area (Å²) >= 11 is 0. The molecular formula is C13H19NO4S. The van der Waals surface area contributed by atoms with Gasteiger partial charge in [0.1, 0.15) is 5.25 Å². The van der Waals surface area contributed by atoms with Gasteiger partial charge in [0.25, 0.3) is 0 Å². The van der Waals surface area contributed by atoms with E-state index in [2.05, 4.69) is 5.32 Å². The normalized spacial score (nSPS) is 12.9. The van der Waals surface area contributed by atoms with E-state index in [1.165, 1.54) is 19.1 Å². The minimum atomic E-state index is -3.62. The number of carbonyl (C=O) groups is 1. The molecule has 1 unspecified atom stereocenters. The molecule has 0 radical (unpaired) electrons. The molecule has 0 aromatic heterocycles. The SMILES string of the molecule is COCCCNC(=O)C(C)S(=O)(=O)c1ccccc1. The van der Waals surface area contributed by atoms with E-state index >= 15 is 0 Å². The van der Waals surface area contributed by atoms with E-state index in [0.717, 1.165) is 0 Å². The first kappa shape index (κ1) is 15.7. The first-order chi connectivity index (χ1) is 9.00. The summed E-state index contributed by atoms with van der Waals surface area (Å²) in [5, 5.41) is 1.50. The summed E-state index contributed by atoms with van der Waals surface area (Å²) in [5.74, 6) is -0.486. The van der Waals surface area contributed by atoms with Crippen molar-refractivity contribution in [2.24, 2.45) is 0 Å². The van der Waals surface area contributed by atoms with Gasteiger partial charge in [-0.05, 0) is 25.5 Å². The second-order valence-corrected chi connectivity index (χ2v) is 6.41. The molecule has 1 aromatic rings. The molecule has 0 spiro atoms. The van der Waals surface area contributed by atoms with E-state index in [4.69, 9.17) is 4.74 Å². The number of sulfone groups is 1. The Labute approximate surface area is 113 Å². The second-order valence-electron chi connectivity index (χ2n) is 4.14. The van der Waals surface area contributed by atoms with Gasteiger partial charge < -0.3 is 10.1 Å². The van der Waals surface area contributed by atoms with Crippen molar-refractivity contribution in [3.05, 3.63) is 30.3 Å². The Morgan fingerprint density at radius 2 is 1.95 bits per heavy atom. The lowest BCUT2D eigenvalue weighted by molar-refractivity contribution is -0.120. The quantitative estimate of drug-likeness (QED) is 0.759. The topological polar surface area (TPSA) is 72.5 Å². The molecule has 106 valence electrons. The molecule has 0 saturated heterocycles. The molecule has 0 aliphatic rings. The lowest BCUT2D eigenvalue weighted by Gasteiger charge is -2.13. The van der Waals surface area contributed by atoms with Crippen molar-refractivity contribution in [2.75, 3.05) is 20.3 Å². The van der Waals surface area contributed by atoms with E-state index in [9.17, 15) is 13.2 Å². The van der Waals surface area contributed by atoms with Gasteiger partial charge in [-0.2, -0.15) is 0 Å². The average Bonchev–Trinajstić information content (AvgIpc) is 2.43. The van der Waals surface area contributed by atoms with E-state index in [1.54, 1.807) is 25.3 Å². The van der Waals surface area contributed by atoms with Crippen molar-refractivity contribution < 1.29 is 17.9 Å². The Kier molecular flexibility index (Phi) is 5.98. The fraction of sp³-hybridized carbons (Fsp3) is 0.462. The summed E-state index contributed by atoms with van der Waals surface area (Å²) in [6.07, 6.45) is 0.653. The van der Waals surface area contributed by atoms with Crippen LogP contribution < -0.4 is 5.32 Å². The third-order valence-corrected chi connectivity index (χ3v) is 4.81. The number of hydrogen-bond acceptors (Lipinski definition) is 4. The summed E-state index contributed by atoms with van der Waals surface area (Å²) in [4.78, 5) is 12.0. The van der Waals surface area contributed by atoms with Crippen LogP contribution in [0.4, 0.5) is 0 Å². The van der Waals surface area contributed by atoms with E-state index in [0.29, 0.717) is 19.6 Å². The smallest absolute Gasteiger partial charge is 0.238 e. The Hall–Kier alpha value is -1.40. The van der Waals surface area contributed by atoms with Gasteiger partial charge in [0.15, 0.2) is 9.84 Å². The van der Waals surface area contributed by atoms with Crippen LogP contribution in [0.25, 0.3) is 0 Å². The van der Waals surface area contributed by atoms with Crippen molar-refractivity contribution in [1.29, 1.82) is 0 Å². The zero-order chi connectivity index (χ0) is 14.3. The molecule has 1 amide bonds. The number of rotatable bonds is 7. The lowest BCUT2D eigenvalue weighted by atomic mass is 10.4. The molecule has 0 aliphatic heterocycles. The van der Waals surface area contributed by atoms with Crippen molar-refractivity contribution in [1.82, 2.24) is 5.32 Å². The lowest BCUT2D eigenvalue weighted by Crippen LogP contribution is -2.38. The molecule has 0 fully saturated rings. The highest BCUT2D eigenvalue weighted by atomic mass is 32.2. The van der Waals surface area contributed by atoms with Crippen LogP contribution in [0.15, 0.2) is 35.2 Å². The molecule has 1 N–H and O–H groups in total. The minimum Gasteiger partial charge on any atom is -0.385 e. The first-order valence-electron chi connectivity index (χ1n) is 6.05. The predicted octanol–water partition coefficient (Wildman–Crippen LogP) is 1.00. The Balaban J connectivity index is 2.66. The molecule has 1 aromatic carbocycles. The first-order valence-corrected chi connectivity index (χ1v) is 7.60. The van der Waals surface area contributed by atoms with Gasteiger partial charge in [-0.15, -0.1) is 0 Å². The molecule has 5 nitrogen and oxygen atoms in total. The van der Waals surface area contributed by atoms with Gasteiger partial charge in [-0.3, -0.25) is 4.79 Å². The predicted molar refractivity (Wildman–Crippen MR) is 72.6 cm³/mol. The molecule has 0 bridgehead atoms. The van der Waals surface area contributed by atoms with E-state index in [1.807, 2.05) is 0 Å². The summed E-state index contributed by atoms with van der Waals surface area (Å²) in [7, 11) is -2.05. The van der Waals surface area contributed by atoms with Gasteiger partial charge in [-0.1, -0.05) is 18.2 Å². The fourth-order valence-corrected chi connectivity index (χ4v) is 2.84. The highest BCUT2D eigenvalue weighted by molar-refractivity contribution is 7.92. The van der Waals surface area contributed by atoms with Crippen molar-refractivity contribution >= 4 is 15.7 Å². The van der Waals surface area contributed by atoms with Crippen LogP contribution in [0, 0.1) is 0 Å². The van der Waals surface area contributed by atoms with E-state index in [-0.39, 0.29) is 4.90 Å². The molecule has 0 heterocycles. The third kappa shape index (κ3) is 4.33. The van der Waals surface area contributed by atoms with Crippen LogP contribution in [0.5, 0.6) is 0 Å². The van der Waals surface area contributed by atoms with Crippen LogP contribution in [0.3, 0.4) is 0 Å². The van der Waals surface area contributed by atoms with Crippen molar-refractivity contribution in [2.45, 2.75) is 23.5 Å². The molecular weight excluding hydrogens is 266 g/mol. The number of benzene rings is 1. The van der Waals surface area contributed by atoms with Gasteiger partial charge in [0, 0.05) is 20.3 Å². The Morgan fingerprint density at radius 3 is 2.53 bits per heavy atom. The maximum atomic E-state index is 12.2. The maximum absolute atomic E-state index is 12.2. The van der Waals surface area contributed by atoms with E-state index < -0.39 is 21.0 Å². The monoisotopic (exact) mass is 285 g/mol. The zero-order valence-corrected chi connectivity index (χ0v) is 11.9. The second kappa shape index (κ2) is 7.25. The summed E-state index contributed by atoms with van der Waals surface area (Å²) < 4.78 is 29.2. The molecule has 1 atom stereocenters. The summed E-state index contributed by atoms with van der Waals surface area (Å²) in [5.41, 5.74) is 0. The van der Waals surface area contributed by atoms with Crippen LogP contribution >= 0.6 is 0 Å². The molecule has 1 rings (SSSR count). The highest BCUT2D eigenvalue weighted by Crippen LogP contribution is 2.15. The van der Waals surface area contributed by atoms with Crippen molar-refractivity contribution in [3.63, 3.8) is 0 Å². The number of methoxy groups -OCH3 is 1. The summed E-state index contributed by atoms with van der Waals surface area (Å²) in [6.45, 7) is 2.33. The maximum Gasteiger partial charge on any atom is 0.238 e. The van der Waals surface area contributed by atoms with Gasteiger partial charge >= 0.3 is 0 Å². The van der Waals surface area contributed by atoms with Crippen LogP contribution in [-0.4, -0.2) is 39.8 Å². The average molecular weight is 285 g/mol. The fourth-order valence-electron chi connectivity index (χ4n) is 1.53.